The molecule has 1 aliphatic rings. The highest BCUT2D eigenvalue weighted by Crippen LogP contribution is 2.40. The molecular formula is C21H23N5O2. The Morgan fingerprint density at radius 3 is 2.46 bits per heavy atom. The van der Waals surface area contributed by atoms with Crippen LogP contribution in [0.4, 0.5) is 5.69 Å². The van der Waals surface area contributed by atoms with Gasteiger partial charge in [-0.2, -0.15) is 5.10 Å². The average Bonchev–Trinajstić information content (AvgIpc) is 3.45. The molecular weight excluding hydrogens is 354 g/mol. The molecule has 7 nitrogen and oxygen atoms in total. The zero-order valence-corrected chi connectivity index (χ0v) is 16.2. The first-order chi connectivity index (χ1) is 13.5. The summed E-state index contributed by atoms with van der Waals surface area (Å²) in [6.07, 6.45) is 3.93. The molecule has 0 spiro atoms. The minimum absolute atomic E-state index is 0.160. The Bertz CT molecular complexity index is 1050. The highest BCUT2D eigenvalue weighted by Gasteiger charge is 2.28. The number of anilines is 1. The van der Waals surface area contributed by atoms with Crippen LogP contribution in [0, 0.1) is 0 Å². The maximum absolute atomic E-state index is 13.0. The van der Waals surface area contributed by atoms with E-state index >= 15 is 0 Å². The molecule has 4 rings (SSSR count). The summed E-state index contributed by atoms with van der Waals surface area (Å²) < 4.78 is 1.86. The summed E-state index contributed by atoms with van der Waals surface area (Å²) in [5, 5.41) is 10.7. The number of nitrogens with one attached hydrogen (secondary N) is 2. The number of hydrogen-bond acceptors (Lipinski definition) is 4. The maximum atomic E-state index is 13.0. The second kappa shape index (κ2) is 7.07. The molecule has 0 atom stereocenters. The molecule has 0 radical (unpaired) electrons. The van der Waals surface area contributed by atoms with Gasteiger partial charge in [-0.1, -0.05) is 0 Å². The fraction of sp³-hybridized carbons (Fsp3) is 0.333. The van der Waals surface area contributed by atoms with Gasteiger partial charge in [-0.3, -0.25) is 9.59 Å². The van der Waals surface area contributed by atoms with Crippen LogP contribution in [0.25, 0.3) is 11.0 Å². The van der Waals surface area contributed by atoms with Crippen LogP contribution in [-0.4, -0.2) is 33.6 Å². The second-order valence-corrected chi connectivity index (χ2v) is 7.40. The third-order valence-electron chi connectivity index (χ3n) is 4.95. The van der Waals surface area contributed by atoms with Crippen molar-refractivity contribution >= 4 is 28.5 Å². The number of hydrogen-bond donors (Lipinski definition) is 2. The molecule has 0 bridgehead atoms. The predicted molar refractivity (Wildman–Crippen MR) is 108 cm³/mol. The fourth-order valence-electron chi connectivity index (χ4n) is 3.24. The molecule has 2 amide bonds. The summed E-state index contributed by atoms with van der Waals surface area (Å²) >= 11 is 0. The van der Waals surface area contributed by atoms with Crippen LogP contribution in [0.3, 0.4) is 0 Å². The van der Waals surface area contributed by atoms with Crippen molar-refractivity contribution in [3.8, 4) is 0 Å². The minimum atomic E-state index is -0.203. The fourth-order valence-corrected chi connectivity index (χ4v) is 3.24. The molecule has 2 aromatic heterocycles. The van der Waals surface area contributed by atoms with Crippen LogP contribution in [-0.2, 0) is 0 Å². The van der Waals surface area contributed by atoms with Crippen molar-refractivity contribution in [3.05, 3.63) is 53.3 Å². The first-order valence-corrected chi connectivity index (χ1v) is 9.49. The van der Waals surface area contributed by atoms with Crippen LogP contribution in [0.2, 0.25) is 0 Å². The number of fused-ring (bicyclic) bond motifs is 1. The van der Waals surface area contributed by atoms with Crippen molar-refractivity contribution in [2.45, 2.75) is 38.6 Å². The highest BCUT2D eigenvalue weighted by atomic mass is 16.2. The molecule has 2 N–H and O–H groups in total. The molecule has 28 heavy (non-hydrogen) atoms. The molecule has 0 saturated heterocycles. The van der Waals surface area contributed by atoms with Gasteiger partial charge in [-0.15, -0.1) is 0 Å². The van der Waals surface area contributed by atoms with Crippen LogP contribution in [0.15, 0.2) is 36.5 Å². The van der Waals surface area contributed by atoms with E-state index in [4.69, 9.17) is 4.98 Å². The van der Waals surface area contributed by atoms with Gasteiger partial charge in [0.1, 0.15) is 0 Å². The molecule has 1 aliphatic carbocycles. The van der Waals surface area contributed by atoms with Crippen LogP contribution < -0.4 is 10.6 Å². The molecule has 3 aromatic rings. The summed E-state index contributed by atoms with van der Waals surface area (Å²) in [6.45, 7) is 4.09. The number of aromatic nitrogens is 3. The van der Waals surface area contributed by atoms with E-state index in [1.165, 1.54) is 0 Å². The van der Waals surface area contributed by atoms with E-state index < -0.39 is 0 Å². The Balaban J connectivity index is 1.67. The smallest absolute Gasteiger partial charge is 0.256 e. The Hall–Kier alpha value is -3.22. The third kappa shape index (κ3) is 3.35. The van der Waals surface area contributed by atoms with Crippen molar-refractivity contribution < 1.29 is 9.59 Å². The minimum Gasteiger partial charge on any atom is -0.355 e. The summed E-state index contributed by atoms with van der Waals surface area (Å²) in [5.74, 6) is 0.0625. The van der Waals surface area contributed by atoms with Gasteiger partial charge < -0.3 is 10.6 Å². The van der Waals surface area contributed by atoms with Crippen molar-refractivity contribution in [3.63, 3.8) is 0 Å². The molecule has 0 aliphatic heterocycles. The van der Waals surface area contributed by atoms with E-state index in [1.54, 1.807) is 37.5 Å². The number of pyridine rings is 1. The zero-order chi connectivity index (χ0) is 19.8. The number of carbonyl (C=O) groups is 2. The number of nitrogens with zero attached hydrogens (tertiary/aromatic N) is 3. The van der Waals surface area contributed by atoms with E-state index in [2.05, 4.69) is 15.7 Å². The van der Waals surface area contributed by atoms with Crippen LogP contribution >= 0.6 is 0 Å². The van der Waals surface area contributed by atoms with Crippen molar-refractivity contribution in [2.75, 3.05) is 12.4 Å². The van der Waals surface area contributed by atoms with Crippen LogP contribution in [0.1, 0.15) is 65.1 Å². The standard InChI is InChI=1S/C21H23N5O2/c1-12(2)26-19-17(11-23-26)16(10-18(25-19)13-4-5-13)21(28)24-15-8-6-14(7-9-15)20(27)22-3/h6-13H,4-5H2,1-3H3,(H,22,27)(H,24,28). The Kier molecular flexibility index (Phi) is 4.58. The Labute approximate surface area is 163 Å². The lowest BCUT2D eigenvalue weighted by molar-refractivity contribution is 0.0962. The van der Waals surface area contributed by atoms with E-state index in [0.29, 0.717) is 22.7 Å². The van der Waals surface area contributed by atoms with Gasteiger partial charge >= 0.3 is 0 Å². The maximum Gasteiger partial charge on any atom is 0.256 e. The lowest BCUT2D eigenvalue weighted by atomic mass is 10.1. The topological polar surface area (TPSA) is 88.9 Å². The first-order valence-electron chi connectivity index (χ1n) is 9.49. The first kappa shape index (κ1) is 18.2. The van der Waals surface area contributed by atoms with E-state index in [0.717, 1.165) is 29.6 Å². The predicted octanol–water partition coefficient (Wildman–Crippen LogP) is 3.50. The molecule has 0 unspecified atom stereocenters. The Morgan fingerprint density at radius 1 is 1.14 bits per heavy atom. The van der Waals surface area contributed by atoms with Gasteiger partial charge in [0.05, 0.1) is 17.1 Å². The molecule has 1 saturated carbocycles. The zero-order valence-electron chi connectivity index (χ0n) is 16.2. The normalized spacial score (nSPS) is 13.7. The number of benzene rings is 1. The van der Waals surface area contributed by atoms with Crippen molar-refractivity contribution in [1.82, 2.24) is 20.1 Å². The Morgan fingerprint density at radius 2 is 1.86 bits per heavy atom. The molecule has 7 heteroatoms. The van der Waals surface area contributed by atoms with Crippen molar-refractivity contribution in [2.24, 2.45) is 0 Å². The lowest BCUT2D eigenvalue weighted by Crippen LogP contribution is -2.18. The largest absolute Gasteiger partial charge is 0.355 e. The number of rotatable bonds is 5. The summed E-state index contributed by atoms with van der Waals surface area (Å²) in [7, 11) is 1.58. The monoisotopic (exact) mass is 377 g/mol. The third-order valence-corrected chi connectivity index (χ3v) is 4.95. The summed E-state index contributed by atoms with van der Waals surface area (Å²) in [6, 6.07) is 8.86. The average molecular weight is 377 g/mol. The molecule has 2 heterocycles. The van der Waals surface area contributed by atoms with Gasteiger partial charge in [0.2, 0.25) is 0 Å². The second-order valence-electron chi connectivity index (χ2n) is 7.40. The van der Waals surface area contributed by atoms with E-state index in [-0.39, 0.29) is 17.9 Å². The van der Waals surface area contributed by atoms with E-state index in [1.807, 2.05) is 24.6 Å². The molecule has 144 valence electrons. The van der Waals surface area contributed by atoms with Crippen molar-refractivity contribution in [1.29, 1.82) is 0 Å². The SMILES string of the molecule is CNC(=O)c1ccc(NC(=O)c2cc(C3CC3)nc3c2cnn3C(C)C)cc1. The van der Waals surface area contributed by atoms with Gasteiger partial charge in [-0.25, -0.2) is 9.67 Å². The van der Waals surface area contributed by atoms with Gasteiger partial charge in [0.15, 0.2) is 5.65 Å². The molecule has 1 aromatic carbocycles. The summed E-state index contributed by atoms with van der Waals surface area (Å²) in [4.78, 5) is 29.5. The highest BCUT2D eigenvalue weighted by molar-refractivity contribution is 6.12. The molecule has 1 fully saturated rings. The van der Waals surface area contributed by atoms with Gasteiger partial charge in [0, 0.05) is 36.0 Å². The quantitative estimate of drug-likeness (QED) is 0.712. The van der Waals surface area contributed by atoms with E-state index in [9.17, 15) is 9.59 Å². The number of amides is 2. The summed E-state index contributed by atoms with van der Waals surface area (Å²) in [5.41, 5.74) is 3.46. The lowest BCUT2D eigenvalue weighted by Gasteiger charge is -2.11. The van der Waals surface area contributed by atoms with Gasteiger partial charge in [0.25, 0.3) is 11.8 Å². The van der Waals surface area contributed by atoms with Crippen LogP contribution in [0.5, 0.6) is 0 Å². The van der Waals surface area contributed by atoms with Gasteiger partial charge in [-0.05, 0) is 57.0 Å². The number of carbonyl (C=O) groups excluding carboxylic acids is 2.